The van der Waals surface area contributed by atoms with Crippen LogP contribution in [0.3, 0.4) is 0 Å². The van der Waals surface area contributed by atoms with Crippen molar-refractivity contribution in [2.24, 2.45) is 0 Å². The van der Waals surface area contributed by atoms with Gasteiger partial charge in [-0.15, -0.1) is 0 Å². The van der Waals surface area contributed by atoms with Gasteiger partial charge < -0.3 is 4.98 Å². The summed E-state index contributed by atoms with van der Waals surface area (Å²) < 4.78 is 1.22. The SMILES string of the molecule is Cc1nn2c(C=O)ncc2c(=O)[nH]1. The molecule has 0 aliphatic carbocycles. The van der Waals surface area contributed by atoms with E-state index in [1.54, 1.807) is 6.92 Å². The number of fused-ring (bicyclic) bond motifs is 1. The van der Waals surface area contributed by atoms with Crippen molar-refractivity contribution in [1.29, 1.82) is 0 Å². The van der Waals surface area contributed by atoms with Crippen LogP contribution >= 0.6 is 0 Å². The number of rotatable bonds is 1. The number of H-pyrrole nitrogens is 1. The molecule has 0 aliphatic heterocycles. The summed E-state index contributed by atoms with van der Waals surface area (Å²) in [4.78, 5) is 28.0. The van der Waals surface area contributed by atoms with E-state index in [0.717, 1.165) is 0 Å². The van der Waals surface area contributed by atoms with Crippen molar-refractivity contribution in [2.75, 3.05) is 0 Å². The van der Waals surface area contributed by atoms with Crippen LogP contribution in [0, 0.1) is 6.92 Å². The quantitative estimate of drug-likeness (QED) is 0.599. The van der Waals surface area contributed by atoms with Crippen LogP contribution < -0.4 is 5.56 Å². The average Bonchev–Trinajstić information content (AvgIpc) is 2.47. The Morgan fingerprint density at radius 3 is 3.08 bits per heavy atom. The molecular weight excluding hydrogens is 172 g/mol. The first-order chi connectivity index (χ1) is 6.22. The average molecular weight is 178 g/mol. The zero-order valence-electron chi connectivity index (χ0n) is 6.81. The first-order valence-corrected chi connectivity index (χ1v) is 3.62. The van der Waals surface area contributed by atoms with Crippen LogP contribution in [0.1, 0.15) is 16.4 Å². The molecule has 6 nitrogen and oxygen atoms in total. The van der Waals surface area contributed by atoms with Crippen molar-refractivity contribution in [2.45, 2.75) is 6.92 Å². The van der Waals surface area contributed by atoms with Gasteiger partial charge in [0.1, 0.15) is 5.82 Å². The van der Waals surface area contributed by atoms with E-state index in [0.29, 0.717) is 12.1 Å². The number of carbonyl (C=O) groups excluding carboxylic acids is 1. The van der Waals surface area contributed by atoms with Crippen molar-refractivity contribution in [3.63, 3.8) is 0 Å². The molecule has 0 spiro atoms. The van der Waals surface area contributed by atoms with E-state index < -0.39 is 0 Å². The second kappa shape index (κ2) is 2.51. The highest BCUT2D eigenvalue weighted by atomic mass is 16.1. The summed E-state index contributed by atoms with van der Waals surface area (Å²) in [6, 6.07) is 0. The zero-order chi connectivity index (χ0) is 9.42. The van der Waals surface area contributed by atoms with Crippen LogP contribution in [0.4, 0.5) is 0 Å². The third-order valence-electron chi connectivity index (χ3n) is 1.65. The first-order valence-electron chi connectivity index (χ1n) is 3.62. The molecule has 0 amide bonds. The molecule has 0 fully saturated rings. The second-order valence-corrected chi connectivity index (χ2v) is 2.57. The Labute approximate surface area is 72.2 Å². The molecule has 2 heterocycles. The fraction of sp³-hybridized carbons (Fsp3) is 0.143. The standard InChI is InChI=1S/C7H6N4O2/c1-4-9-7(13)5-2-8-6(3-12)11(5)10-4/h2-3H,1H3,(H,9,10,13). The van der Waals surface area contributed by atoms with E-state index in [9.17, 15) is 9.59 Å². The molecule has 2 rings (SSSR count). The van der Waals surface area contributed by atoms with Gasteiger partial charge in [-0.2, -0.15) is 5.10 Å². The largest absolute Gasteiger partial charge is 0.307 e. The van der Waals surface area contributed by atoms with Crippen LogP contribution in [0.25, 0.3) is 5.52 Å². The number of carbonyl (C=O) groups is 1. The second-order valence-electron chi connectivity index (χ2n) is 2.57. The third-order valence-corrected chi connectivity index (χ3v) is 1.65. The molecule has 0 radical (unpaired) electrons. The molecule has 0 aromatic carbocycles. The number of nitrogens with one attached hydrogen (secondary N) is 1. The molecule has 0 unspecified atom stereocenters. The van der Waals surface area contributed by atoms with Crippen LogP contribution in [0.15, 0.2) is 11.0 Å². The van der Waals surface area contributed by atoms with E-state index >= 15 is 0 Å². The minimum atomic E-state index is -0.298. The fourth-order valence-corrected chi connectivity index (χ4v) is 1.10. The predicted octanol–water partition coefficient (Wildman–Crippen LogP) is -0.461. The molecule has 1 N–H and O–H groups in total. The Morgan fingerprint density at radius 1 is 1.62 bits per heavy atom. The van der Waals surface area contributed by atoms with Gasteiger partial charge in [-0.1, -0.05) is 0 Å². The molecule has 0 aliphatic rings. The minimum absolute atomic E-state index is 0.129. The van der Waals surface area contributed by atoms with Gasteiger partial charge in [0.25, 0.3) is 5.56 Å². The normalized spacial score (nSPS) is 10.5. The van der Waals surface area contributed by atoms with E-state index in [1.165, 1.54) is 10.7 Å². The van der Waals surface area contributed by atoms with Crippen molar-refractivity contribution in [1.82, 2.24) is 19.6 Å². The lowest BCUT2D eigenvalue weighted by Crippen LogP contribution is -2.14. The maximum atomic E-state index is 11.3. The number of aryl methyl sites for hydroxylation is 1. The molecule has 0 atom stereocenters. The molecular formula is C7H6N4O2. The summed E-state index contributed by atoms with van der Waals surface area (Å²) in [7, 11) is 0. The van der Waals surface area contributed by atoms with Crippen molar-refractivity contribution in [3.8, 4) is 0 Å². The summed E-state index contributed by atoms with van der Waals surface area (Å²) in [5, 5.41) is 3.93. The first kappa shape index (κ1) is 7.66. The molecule has 66 valence electrons. The highest BCUT2D eigenvalue weighted by Crippen LogP contribution is 1.96. The highest BCUT2D eigenvalue weighted by Gasteiger charge is 2.06. The summed E-state index contributed by atoms with van der Waals surface area (Å²) in [6.45, 7) is 1.63. The number of hydrogen-bond acceptors (Lipinski definition) is 4. The molecule has 0 saturated heterocycles. The highest BCUT2D eigenvalue weighted by molar-refractivity contribution is 5.71. The van der Waals surface area contributed by atoms with Gasteiger partial charge in [0.2, 0.25) is 0 Å². The minimum Gasteiger partial charge on any atom is -0.307 e. The Kier molecular flexibility index (Phi) is 1.48. The van der Waals surface area contributed by atoms with E-state index in [2.05, 4.69) is 15.1 Å². The van der Waals surface area contributed by atoms with Crippen LogP contribution in [0.2, 0.25) is 0 Å². The molecule has 0 bridgehead atoms. The Balaban J connectivity index is 2.98. The number of nitrogens with zero attached hydrogens (tertiary/aromatic N) is 3. The van der Waals surface area contributed by atoms with Gasteiger partial charge in [-0.3, -0.25) is 9.59 Å². The lowest BCUT2D eigenvalue weighted by molar-refractivity contribution is 0.111. The van der Waals surface area contributed by atoms with Gasteiger partial charge in [0, 0.05) is 0 Å². The number of aromatic nitrogens is 4. The molecule has 2 aromatic rings. The third kappa shape index (κ3) is 1.03. The summed E-state index contributed by atoms with van der Waals surface area (Å²) >= 11 is 0. The lowest BCUT2D eigenvalue weighted by Gasteiger charge is -1.94. The van der Waals surface area contributed by atoms with Crippen molar-refractivity contribution >= 4 is 11.8 Å². The number of aromatic amines is 1. The van der Waals surface area contributed by atoms with E-state index in [4.69, 9.17) is 0 Å². The molecule has 0 saturated carbocycles. The predicted molar refractivity (Wildman–Crippen MR) is 43.7 cm³/mol. The maximum Gasteiger partial charge on any atom is 0.276 e. The van der Waals surface area contributed by atoms with Gasteiger partial charge in [0.15, 0.2) is 17.6 Å². The van der Waals surface area contributed by atoms with Crippen molar-refractivity contribution in [3.05, 3.63) is 28.2 Å². The monoisotopic (exact) mass is 178 g/mol. The Bertz CT molecular complexity index is 525. The summed E-state index contributed by atoms with van der Waals surface area (Å²) in [6.07, 6.45) is 1.87. The van der Waals surface area contributed by atoms with Gasteiger partial charge in [-0.05, 0) is 6.92 Å². The maximum absolute atomic E-state index is 11.3. The fourth-order valence-electron chi connectivity index (χ4n) is 1.10. The summed E-state index contributed by atoms with van der Waals surface area (Å²) in [5.74, 6) is 0.572. The number of imidazole rings is 1. The zero-order valence-corrected chi connectivity index (χ0v) is 6.81. The molecule has 13 heavy (non-hydrogen) atoms. The van der Waals surface area contributed by atoms with Crippen LogP contribution in [-0.2, 0) is 0 Å². The number of hydrogen-bond donors (Lipinski definition) is 1. The van der Waals surface area contributed by atoms with Crippen LogP contribution in [-0.4, -0.2) is 25.9 Å². The molecule has 2 aromatic heterocycles. The number of aldehydes is 1. The lowest BCUT2D eigenvalue weighted by atomic mass is 10.6. The van der Waals surface area contributed by atoms with Crippen molar-refractivity contribution < 1.29 is 4.79 Å². The topological polar surface area (TPSA) is 80.1 Å². The smallest absolute Gasteiger partial charge is 0.276 e. The Morgan fingerprint density at radius 2 is 2.38 bits per heavy atom. The van der Waals surface area contributed by atoms with Gasteiger partial charge in [0.05, 0.1) is 6.20 Å². The van der Waals surface area contributed by atoms with Gasteiger partial charge >= 0.3 is 0 Å². The Hall–Kier alpha value is -1.98. The van der Waals surface area contributed by atoms with E-state index in [-0.39, 0.29) is 16.9 Å². The molecule has 6 heteroatoms. The van der Waals surface area contributed by atoms with Crippen LogP contribution in [0.5, 0.6) is 0 Å². The van der Waals surface area contributed by atoms with Gasteiger partial charge in [-0.25, -0.2) is 9.50 Å². The summed E-state index contributed by atoms with van der Waals surface area (Å²) in [5.41, 5.74) is -0.0270. The van der Waals surface area contributed by atoms with E-state index in [1.807, 2.05) is 0 Å².